The van der Waals surface area contributed by atoms with Gasteiger partial charge in [-0.1, -0.05) is 44.3 Å². The van der Waals surface area contributed by atoms with E-state index in [1.54, 1.807) is 11.8 Å². The highest BCUT2D eigenvalue weighted by Crippen LogP contribution is 2.38. The molecule has 0 atom stereocenters. The minimum absolute atomic E-state index is 0.512. The number of thioether (sulfide) groups is 1. The van der Waals surface area contributed by atoms with Crippen LogP contribution < -0.4 is 0 Å². The van der Waals surface area contributed by atoms with Gasteiger partial charge in [0.1, 0.15) is 0 Å². The van der Waals surface area contributed by atoms with Crippen molar-refractivity contribution in [3.05, 3.63) is 50.8 Å². The predicted molar refractivity (Wildman–Crippen MR) is 92.2 cm³/mol. The van der Waals surface area contributed by atoms with Gasteiger partial charge in [0.05, 0.1) is 5.69 Å². The summed E-state index contributed by atoms with van der Waals surface area (Å²) in [5.41, 5.74) is 6.58. The summed E-state index contributed by atoms with van der Waals surface area (Å²) in [6.07, 6.45) is 3.02. The number of hydrogen-bond acceptors (Lipinski definition) is 2. The second-order valence-corrected chi connectivity index (χ2v) is 7.29. The number of allylic oxidation sites excluding steroid dienone is 3. The van der Waals surface area contributed by atoms with Crippen molar-refractivity contribution in [1.82, 2.24) is 0 Å². The molecule has 1 nitrogen and oxygen atoms in total. The first-order chi connectivity index (χ1) is 9.40. The third-order valence-corrected chi connectivity index (χ3v) is 4.58. The van der Waals surface area contributed by atoms with Gasteiger partial charge < -0.3 is 0 Å². The van der Waals surface area contributed by atoms with E-state index in [0.717, 1.165) is 11.3 Å². The summed E-state index contributed by atoms with van der Waals surface area (Å²) in [5, 5.41) is 0. The number of aliphatic imine (C=N–C) groups is 1. The highest BCUT2D eigenvalue weighted by Gasteiger charge is 2.18. The molecule has 2 rings (SSSR count). The zero-order valence-corrected chi connectivity index (χ0v) is 13.9. The lowest BCUT2D eigenvalue weighted by Gasteiger charge is -2.21. The topological polar surface area (TPSA) is 12.4 Å². The largest absolute Gasteiger partial charge is 0.256 e. The SMILES string of the molecule is C=C(C)SC(C)=C1C=Nc2c(C(C)C)ccc(C)c2C1. The van der Waals surface area contributed by atoms with Gasteiger partial charge in [0, 0.05) is 12.6 Å². The summed E-state index contributed by atoms with van der Waals surface area (Å²) in [4.78, 5) is 7.19. The van der Waals surface area contributed by atoms with Crippen molar-refractivity contribution in [1.29, 1.82) is 0 Å². The molecule has 0 saturated carbocycles. The predicted octanol–water partition coefficient (Wildman–Crippen LogP) is 5.92. The van der Waals surface area contributed by atoms with E-state index >= 15 is 0 Å². The maximum absolute atomic E-state index is 4.76. The van der Waals surface area contributed by atoms with E-state index in [1.165, 1.54) is 32.9 Å². The van der Waals surface area contributed by atoms with Crippen LogP contribution in [0, 0.1) is 6.92 Å². The Morgan fingerprint density at radius 2 is 2.00 bits per heavy atom. The molecule has 1 aliphatic rings. The molecule has 0 fully saturated rings. The number of benzene rings is 1. The summed E-state index contributed by atoms with van der Waals surface area (Å²) in [7, 11) is 0. The summed E-state index contributed by atoms with van der Waals surface area (Å²) in [6, 6.07) is 4.45. The third kappa shape index (κ3) is 3.06. The van der Waals surface area contributed by atoms with Crippen molar-refractivity contribution in [3.63, 3.8) is 0 Å². The molecule has 0 spiro atoms. The lowest BCUT2D eigenvalue weighted by Crippen LogP contribution is -2.05. The average molecular weight is 285 g/mol. The zero-order valence-electron chi connectivity index (χ0n) is 13.1. The molecule has 0 saturated heterocycles. The van der Waals surface area contributed by atoms with Crippen molar-refractivity contribution in [2.45, 2.75) is 47.0 Å². The van der Waals surface area contributed by atoms with Gasteiger partial charge in [-0.05, 0) is 58.8 Å². The van der Waals surface area contributed by atoms with Crippen molar-refractivity contribution < 1.29 is 0 Å². The van der Waals surface area contributed by atoms with E-state index in [1.807, 2.05) is 13.1 Å². The standard InChI is InChI=1S/C18H23NS/c1-11(2)16-8-7-13(5)17-9-15(10-19-18(16)17)14(6)20-12(3)4/h7-8,10-11H,3,9H2,1-2,4-6H3. The van der Waals surface area contributed by atoms with Gasteiger partial charge in [0.25, 0.3) is 0 Å². The lowest BCUT2D eigenvalue weighted by molar-refractivity contribution is 0.861. The molecule has 2 heteroatoms. The Morgan fingerprint density at radius 1 is 1.30 bits per heavy atom. The molecular weight excluding hydrogens is 262 g/mol. The second-order valence-electron chi connectivity index (χ2n) is 5.77. The molecule has 0 bridgehead atoms. The van der Waals surface area contributed by atoms with Gasteiger partial charge in [0.2, 0.25) is 0 Å². The molecule has 1 heterocycles. The van der Waals surface area contributed by atoms with Gasteiger partial charge in [0.15, 0.2) is 0 Å². The first-order valence-electron chi connectivity index (χ1n) is 7.09. The Labute approximate surface area is 126 Å². The van der Waals surface area contributed by atoms with Gasteiger partial charge in [-0.3, -0.25) is 4.99 Å². The van der Waals surface area contributed by atoms with Crippen LogP contribution in [0.1, 0.15) is 50.3 Å². The van der Waals surface area contributed by atoms with Gasteiger partial charge >= 0.3 is 0 Å². The summed E-state index contributed by atoms with van der Waals surface area (Å²) >= 11 is 1.75. The molecule has 0 aromatic heterocycles. The van der Waals surface area contributed by atoms with Crippen LogP contribution >= 0.6 is 11.8 Å². The van der Waals surface area contributed by atoms with Crippen molar-refractivity contribution in [3.8, 4) is 0 Å². The van der Waals surface area contributed by atoms with E-state index in [0.29, 0.717) is 5.92 Å². The number of nitrogens with zero attached hydrogens (tertiary/aromatic N) is 1. The molecular formula is C18H23NS. The molecule has 1 aromatic rings. The van der Waals surface area contributed by atoms with Crippen LogP contribution in [-0.4, -0.2) is 6.21 Å². The zero-order chi connectivity index (χ0) is 14.9. The van der Waals surface area contributed by atoms with E-state index < -0.39 is 0 Å². The molecule has 0 amide bonds. The first kappa shape index (κ1) is 15.1. The minimum Gasteiger partial charge on any atom is -0.256 e. The molecule has 0 N–H and O–H groups in total. The number of fused-ring (bicyclic) bond motifs is 1. The second kappa shape index (κ2) is 6.01. The highest BCUT2D eigenvalue weighted by molar-refractivity contribution is 8.06. The van der Waals surface area contributed by atoms with Gasteiger partial charge in [-0.2, -0.15) is 0 Å². The van der Waals surface area contributed by atoms with Crippen LogP contribution in [0.5, 0.6) is 0 Å². The van der Waals surface area contributed by atoms with Crippen molar-refractivity contribution in [2.24, 2.45) is 4.99 Å². The van der Waals surface area contributed by atoms with E-state index in [-0.39, 0.29) is 0 Å². The molecule has 0 aliphatic carbocycles. The van der Waals surface area contributed by atoms with Crippen LogP contribution in [0.25, 0.3) is 0 Å². The molecule has 0 radical (unpaired) electrons. The first-order valence-corrected chi connectivity index (χ1v) is 7.91. The molecule has 1 aliphatic heterocycles. The van der Waals surface area contributed by atoms with Crippen LogP contribution in [0.2, 0.25) is 0 Å². The molecule has 20 heavy (non-hydrogen) atoms. The van der Waals surface area contributed by atoms with E-state index in [9.17, 15) is 0 Å². The Balaban J connectivity index is 2.46. The number of aryl methyl sites for hydroxylation is 1. The molecule has 1 aromatic carbocycles. The smallest absolute Gasteiger partial charge is 0.0702 e. The fourth-order valence-corrected chi connectivity index (χ4v) is 3.30. The maximum atomic E-state index is 4.76. The number of hydrogen-bond donors (Lipinski definition) is 0. The Bertz CT molecular complexity index is 606. The summed E-state index contributed by atoms with van der Waals surface area (Å²) in [6.45, 7) is 14.8. The van der Waals surface area contributed by atoms with Crippen molar-refractivity contribution in [2.75, 3.05) is 0 Å². The van der Waals surface area contributed by atoms with E-state index in [4.69, 9.17) is 4.99 Å². The fourth-order valence-electron chi connectivity index (χ4n) is 2.52. The Kier molecular flexibility index (Phi) is 4.54. The summed E-state index contributed by atoms with van der Waals surface area (Å²) in [5.74, 6) is 0.512. The van der Waals surface area contributed by atoms with Crippen LogP contribution in [0.4, 0.5) is 5.69 Å². The monoisotopic (exact) mass is 285 g/mol. The molecule has 106 valence electrons. The van der Waals surface area contributed by atoms with Crippen LogP contribution in [0.3, 0.4) is 0 Å². The number of rotatable bonds is 3. The minimum atomic E-state index is 0.512. The van der Waals surface area contributed by atoms with Crippen molar-refractivity contribution >= 4 is 23.7 Å². The van der Waals surface area contributed by atoms with E-state index in [2.05, 4.69) is 46.4 Å². The Hall–Kier alpha value is -1.28. The Morgan fingerprint density at radius 3 is 2.60 bits per heavy atom. The normalized spacial score (nSPS) is 16.3. The maximum Gasteiger partial charge on any atom is 0.0702 e. The molecule has 0 unspecified atom stereocenters. The van der Waals surface area contributed by atoms with Gasteiger partial charge in [-0.25, -0.2) is 0 Å². The fraction of sp³-hybridized carbons (Fsp3) is 0.389. The van der Waals surface area contributed by atoms with Gasteiger partial charge in [-0.15, -0.1) is 0 Å². The lowest BCUT2D eigenvalue weighted by atomic mass is 9.90. The highest BCUT2D eigenvalue weighted by atomic mass is 32.2. The quantitative estimate of drug-likeness (QED) is 0.671. The summed E-state index contributed by atoms with van der Waals surface area (Å²) < 4.78 is 0. The average Bonchev–Trinajstić information content (AvgIpc) is 2.37. The van der Waals surface area contributed by atoms with Crippen LogP contribution in [0.15, 0.2) is 39.1 Å². The van der Waals surface area contributed by atoms with Crippen LogP contribution in [-0.2, 0) is 6.42 Å². The third-order valence-electron chi connectivity index (χ3n) is 3.67.